The Labute approximate surface area is 138 Å². The van der Waals surface area contributed by atoms with Gasteiger partial charge in [-0.05, 0) is 24.8 Å². The number of rotatable bonds is 3. The molecule has 2 aliphatic rings. The van der Waals surface area contributed by atoms with E-state index in [4.69, 9.17) is 0 Å². The van der Waals surface area contributed by atoms with Crippen molar-refractivity contribution >= 4 is 17.2 Å². The van der Waals surface area contributed by atoms with Crippen LogP contribution >= 0.6 is 11.3 Å². The molecule has 1 amide bonds. The molecule has 3 nitrogen and oxygen atoms in total. The Balaban J connectivity index is 1.54. The first-order valence-electron chi connectivity index (χ1n) is 8.77. The van der Waals surface area contributed by atoms with E-state index in [1.54, 1.807) is 11.3 Å². The van der Waals surface area contributed by atoms with Crippen LogP contribution in [0.5, 0.6) is 0 Å². The van der Waals surface area contributed by atoms with Crippen molar-refractivity contribution in [3.8, 4) is 0 Å². The van der Waals surface area contributed by atoms with Gasteiger partial charge in [-0.1, -0.05) is 33.1 Å². The number of piperazine rings is 1. The van der Waals surface area contributed by atoms with Crippen molar-refractivity contribution in [1.29, 1.82) is 0 Å². The maximum absolute atomic E-state index is 12.6. The maximum atomic E-state index is 12.6. The summed E-state index contributed by atoms with van der Waals surface area (Å²) in [6.45, 7) is 8.26. The highest BCUT2D eigenvalue weighted by Crippen LogP contribution is 2.26. The molecule has 1 aliphatic carbocycles. The van der Waals surface area contributed by atoms with Gasteiger partial charge in [-0.3, -0.25) is 9.69 Å². The van der Waals surface area contributed by atoms with Crippen molar-refractivity contribution in [3.63, 3.8) is 0 Å². The van der Waals surface area contributed by atoms with E-state index in [0.717, 1.165) is 37.8 Å². The van der Waals surface area contributed by atoms with Gasteiger partial charge >= 0.3 is 0 Å². The van der Waals surface area contributed by atoms with Crippen molar-refractivity contribution in [1.82, 2.24) is 9.80 Å². The molecule has 4 heteroatoms. The molecule has 1 aromatic heterocycles. The second-order valence-corrected chi connectivity index (χ2v) is 7.96. The Morgan fingerprint density at radius 2 is 1.82 bits per heavy atom. The lowest BCUT2D eigenvalue weighted by Gasteiger charge is -2.40. The van der Waals surface area contributed by atoms with E-state index >= 15 is 0 Å². The van der Waals surface area contributed by atoms with Crippen LogP contribution in [0.25, 0.3) is 0 Å². The molecule has 0 radical (unpaired) electrons. The zero-order valence-electron chi connectivity index (χ0n) is 13.9. The first-order valence-corrected chi connectivity index (χ1v) is 9.65. The van der Waals surface area contributed by atoms with E-state index < -0.39 is 0 Å². The number of amides is 1. The second-order valence-electron chi connectivity index (χ2n) is 7.01. The quantitative estimate of drug-likeness (QED) is 0.841. The first kappa shape index (κ1) is 16.0. The summed E-state index contributed by atoms with van der Waals surface area (Å²) in [5.74, 6) is 0.737. The molecule has 0 spiro atoms. The molecule has 0 bridgehead atoms. The zero-order valence-corrected chi connectivity index (χ0v) is 14.7. The fourth-order valence-electron chi connectivity index (χ4n) is 3.69. The van der Waals surface area contributed by atoms with Gasteiger partial charge in [0.05, 0.1) is 5.56 Å². The predicted molar refractivity (Wildman–Crippen MR) is 92.8 cm³/mol. The molecule has 22 heavy (non-hydrogen) atoms. The van der Waals surface area contributed by atoms with Gasteiger partial charge in [0, 0.05) is 42.5 Å². The third-order valence-corrected chi connectivity index (χ3v) is 6.36. The van der Waals surface area contributed by atoms with Gasteiger partial charge in [-0.2, -0.15) is 0 Å². The predicted octanol–water partition coefficient (Wildman–Crippen LogP) is 3.96. The Kier molecular flexibility index (Phi) is 5.19. The van der Waals surface area contributed by atoms with Gasteiger partial charge in [-0.25, -0.2) is 0 Å². The maximum Gasteiger partial charge on any atom is 0.254 e. The van der Waals surface area contributed by atoms with Crippen LogP contribution in [0, 0.1) is 0 Å². The van der Waals surface area contributed by atoms with Gasteiger partial charge in [0.1, 0.15) is 0 Å². The SMILES string of the molecule is CC(C)c1cc(C(=O)N2CCN(C3CCCCC3)CC2)cs1. The lowest BCUT2D eigenvalue weighted by Crippen LogP contribution is -2.52. The molecule has 2 fully saturated rings. The van der Waals surface area contributed by atoms with Crippen molar-refractivity contribution in [2.75, 3.05) is 26.2 Å². The molecule has 3 rings (SSSR count). The van der Waals surface area contributed by atoms with E-state index in [0.29, 0.717) is 5.92 Å². The van der Waals surface area contributed by atoms with Gasteiger partial charge < -0.3 is 4.90 Å². The van der Waals surface area contributed by atoms with Crippen LogP contribution in [-0.4, -0.2) is 47.9 Å². The summed E-state index contributed by atoms with van der Waals surface area (Å²) in [6, 6.07) is 2.87. The second kappa shape index (κ2) is 7.14. The fourth-order valence-corrected chi connectivity index (χ4v) is 4.59. The van der Waals surface area contributed by atoms with E-state index in [9.17, 15) is 4.79 Å². The molecule has 2 heterocycles. The highest BCUT2D eigenvalue weighted by Gasteiger charge is 2.27. The van der Waals surface area contributed by atoms with Crippen molar-refractivity contribution in [3.05, 3.63) is 21.9 Å². The van der Waals surface area contributed by atoms with Crippen LogP contribution in [-0.2, 0) is 0 Å². The summed E-state index contributed by atoms with van der Waals surface area (Å²) in [6.07, 6.45) is 6.89. The smallest absolute Gasteiger partial charge is 0.254 e. The summed E-state index contributed by atoms with van der Waals surface area (Å²) < 4.78 is 0. The highest BCUT2D eigenvalue weighted by molar-refractivity contribution is 7.10. The van der Waals surface area contributed by atoms with E-state index in [2.05, 4.69) is 24.8 Å². The number of nitrogens with zero attached hydrogens (tertiary/aromatic N) is 2. The first-order chi connectivity index (χ1) is 10.6. The molecular weight excluding hydrogens is 292 g/mol. The third-order valence-electron chi connectivity index (χ3n) is 5.13. The number of hydrogen-bond donors (Lipinski definition) is 0. The summed E-state index contributed by atoms with van der Waals surface area (Å²) in [7, 11) is 0. The van der Waals surface area contributed by atoms with Gasteiger partial charge in [0.2, 0.25) is 0 Å². The van der Waals surface area contributed by atoms with Crippen LogP contribution in [0.4, 0.5) is 0 Å². The minimum Gasteiger partial charge on any atom is -0.336 e. The zero-order chi connectivity index (χ0) is 15.5. The molecule has 0 atom stereocenters. The molecule has 1 aliphatic heterocycles. The van der Waals surface area contributed by atoms with E-state index in [1.165, 1.54) is 37.0 Å². The summed E-state index contributed by atoms with van der Waals surface area (Å²) >= 11 is 1.72. The molecule has 0 aromatic carbocycles. The Morgan fingerprint density at radius 3 is 2.41 bits per heavy atom. The van der Waals surface area contributed by atoms with Crippen LogP contribution in [0.2, 0.25) is 0 Å². The Morgan fingerprint density at radius 1 is 1.14 bits per heavy atom. The molecule has 0 unspecified atom stereocenters. The highest BCUT2D eigenvalue weighted by atomic mass is 32.1. The van der Waals surface area contributed by atoms with Gasteiger partial charge in [0.25, 0.3) is 5.91 Å². The van der Waals surface area contributed by atoms with Gasteiger partial charge in [-0.15, -0.1) is 11.3 Å². The average molecular weight is 321 g/mol. The van der Waals surface area contributed by atoms with Crippen LogP contribution in [0.15, 0.2) is 11.4 Å². The van der Waals surface area contributed by atoms with Crippen LogP contribution in [0.1, 0.15) is 67.1 Å². The van der Waals surface area contributed by atoms with Crippen LogP contribution < -0.4 is 0 Å². The largest absolute Gasteiger partial charge is 0.336 e. The number of carbonyl (C=O) groups excluding carboxylic acids is 1. The number of hydrogen-bond acceptors (Lipinski definition) is 3. The Bertz CT molecular complexity index is 497. The number of thiophene rings is 1. The van der Waals surface area contributed by atoms with E-state index in [1.807, 2.05) is 10.3 Å². The average Bonchev–Trinajstić information content (AvgIpc) is 3.05. The molecule has 1 aromatic rings. The van der Waals surface area contributed by atoms with Crippen molar-refractivity contribution < 1.29 is 4.79 Å². The normalized spacial score (nSPS) is 21.5. The lowest BCUT2D eigenvalue weighted by molar-refractivity contribution is 0.0523. The van der Waals surface area contributed by atoms with Gasteiger partial charge in [0.15, 0.2) is 0 Å². The minimum atomic E-state index is 0.228. The summed E-state index contributed by atoms with van der Waals surface area (Å²) in [5, 5.41) is 2.03. The molecule has 122 valence electrons. The fraction of sp³-hybridized carbons (Fsp3) is 0.722. The molecule has 0 N–H and O–H groups in total. The standard InChI is InChI=1S/C18H28N2OS/c1-14(2)17-12-15(13-22-17)18(21)20-10-8-19(9-11-20)16-6-4-3-5-7-16/h12-14,16H,3-11H2,1-2H3. The molecular formula is C18H28N2OS. The number of carbonyl (C=O) groups is 1. The molecule has 1 saturated carbocycles. The lowest BCUT2D eigenvalue weighted by atomic mass is 9.94. The van der Waals surface area contributed by atoms with Crippen molar-refractivity contribution in [2.24, 2.45) is 0 Å². The third kappa shape index (κ3) is 3.54. The van der Waals surface area contributed by atoms with Crippen LogP contribution in [0.3, 0.4) is 0 Å². The van der Waals surface area contributed by atoms with Crippen molar-refractivity contribution in [2.45, 2.75) is 57.9 Å². The monoisotopic (exact) mass is 320 g/mol. The minimum absolute atomic E-state index is 0.228. The molecule has 1 saturated heterocycles. The Hall–Kier alpha value is -0.870. The summed E-state index contributed by atoms with van der Waals surface area (Å²) in [5.41, 5.74) is 0.889. The topological polar surface area (TPSA) is 23.6 Å². The van der Waals surface area contributed by atoms with E-state index in [-0.39, 0.29) is 5.91 Å². The summed E-state index contributed by atoms with van der Waals surface area (Å²) in [4.78, 5) is 18.6.